The van der Waals surface area contributed by atoms with Gasteiger partial charge < -0.3 is 15.8 Å². The number of hydrogen-bond acceptors (Lipinski definition) is 6. The van der Waals surface area contributed by atoms with Crippen molar-refractivity contribution in [2.24, 2.45) is 0 Å². The SMILES string of the molecule is Cc1ccc(NC(=O)COC(=O)c2ccc(Cl)c(N)c2)cc1[N+](=O)[O-]. The molecule has 2 aromatic rings. The maximum Gasteiger partial charge on any atom is 0.338 e. The first-order valence-corrected chi connectivity index (χ1v) is 7.43. The van der Waals surface area contributed by atoms with Gasteiger partial charge in [0.25, 0.3) is 11.6 Å². The number of nitro benzene ring substituents is 1. The number of nitrogens with one attached hydrogen (secondary N) is 1. The second-order valence-electron chi connectivity index (χ2n) is 5.12. The molecule has 9 heteroatoms. The van der Waals surface area contributed by atoms with Gasteiger partial charge in [-0.25, -0.2) is 4.79 Å². The third-order valence-electron chi connectivity index (χ3n) is 3.26. The number of nitrogens with zero attached hydrogens (tertiary/aromatic N) is 1. The molecule has 0 aromatic heterocycles. The zero-order chi connectivity index (χ0) is 18.6. The van der Waals surface area contributed by atoms with Crippen LogP contribution in [0.2, 0.25) is 5.02 Å². The summed E-state index contributed by atoms with van der Waals surface area (Å²) >= 11 is 5.76. The first-order chi connectivity index (χ1) is 11.8. The molecule has 0 bridgehead atoms. The number of nitro groups is 1. The Morgan fingerprint density at radius 1 is 1.28 bits per heavy atom. The van der Waals surface area contributed by atoms with Gasteiger partial charge in [-0.1, -0.05) is 17.7 Å². The van der Waals surface area contributed by atoms with Crippen LogP contribution in [0, 0.1) is 17.0 Å². The monoisotopic (exact) mass is 363 g/mol. The van der Waals surface area contributed by atoms with Crippen molar-refractivity contribution in [2.75, 3.05) is 17.7 Å². The fraction of sp³-hybridized carbons (Fsp3) is 0.125. The van der Waals surface area contributed by atoms with E-state index in [4.69, 9.17) is 22.1 Å². The normalized spacial score (nSPS) is 10.2. The van der Waals surface area contributed by atoms with Crippen molar-refractivity contribution in [1.82, 2.24) is 0 Å². The average Bonchev–Trinajstić information content (AvgIpc) is 2.56. The number of ether oxygens (including phenoxy) is 1. The Bertz CT molecular complexity index is 854. The number of esters is 1. The van der Waals surface area contributed by atoms with Crippen LogP contribution in [0.3, 0.4) is 0 Å². The number of anilines is 2. The zero-order valence-electron chi connectivity index (χ0n) is 13.1. The number of nitrogens with two attached hydrogens (primary N) is 1. The third-order valence-corrected chi connectivity index (χ3v) is 3.60. The molecular weight excluding hydrogens is 350 g/mol. The largest absolute Gasteiger partial charge is 0.452 e. The molecule has 2 rings (SSSR count). The molecule has 8 nitrogen and oxygen atoms in total. The highest BCUT2D eigenvalue weighted by atomic mass is 35.5. The van der Waals surface area contributed by atoms with Crippen molar-refractivity contribution >= 4 is 40.5 Å². The fourth-order valence-corrected chi connectivity index (χ4v) is 2.08. The minimum Gasteiger partial charge on any atom is -0.452 e. The Kier molecular flexibility index (Phi) is 5.56. The number of hydrogen-bond donors (Lipinski definition) is 2. The molecule has 0 saturated carbocycles. The number of rotatable bonds is 5. The lowest BCUT2D eigenvalue weighted by molar-refractivity contribution is -0.385. The van der Waals surface area contributed by atoms with Gasteiger partial charge in [-0.15, -0.1) is 0 Å². The number of amides is 1. The van der Waals surface area contributed by atoms with Gasteiger partial charge in [-0.05, 0) is 31.2 Å². The molecule has 25 heavy (non-hydrogen) atoms. The smallest absolute Gasteiger partial charge is 0.338 e. The Morgan fingerprint density at radius 3 is 2.64 bits per heavy atom. The summed E-state index contributed by atoms with van der Waals surface area (Å²) in [6.07, 6.45) is 0. The number of benzene rings is 2. The number of nitrogen functional groups attached to an aromatic ring is 1. The lowest BCUT2D eigenvalue weighted by Gasteiger charge is -2.08. The third kappa shape index (κ3) is 4.67. The molecule has 0 aliphatic rings. The molecule has 0 aliphatic heterocycles. The van der Waals surface area contributed by atoms with Crippen molar-refractivity contribution in [1.29, 1.82) is 0 Å². The lowest BCUT2D eigenvalue weighted by atomic mass is 10.2. The van der Waals surface area contributed by atoms with Crippen LogP contribution in [0.15, 0.2) is 36.4 Å². The van der Waals surface area contributed by atoms with Crippen molar-refractivity contribution in [3.8, 4) is 0 Å². The average molecular weight is 364 g/mol. The number of aryl methyl sites for hydroxylation is 1. The van der Waals surface area contributed by atoms with Crippen molar-refractivity contribution < 1.29 is 19.2 Å². The second kappa shape index (κ2) is 7.63. The molecule has 2 aromatic carbocycles. The predicted octanol–water partition coefficient (Wildman–Crippen LogP) is 2.93. The standard InChI is InChI=1S/C16H14ClN3O5/c1-9-2-4-11(7-14(9)20(23)24)19-15(21)8-25-16(22)10-3-5-12(17)13(18)6-10/h2-7H,8,18H2,1H3,(H,19,21). The summed E-state index contributed by atoms with van der Waals surface area (Å²) in [5, 5.41) is 13.6. The Labute approximate surface area is 147 Å². The maximum atomic E-state index is 11.9. The van der Waals surface area contributed by atoms with E-state index in [-0.39, 0.29) is 22.6 Å². The van der Waals surface area contributed by atoms with Crippen molar-refractivity contribution in [3.63, 3.8) is 0 Å². The van der Waals surface area contributed by atoms with Gasteiger partial charge in [-0.3, -0.25) is 14.9 Å². The zero-order valence-corrected chi connectivity index (χ0v) is 13.9. The van der Waals surface area contributed by atoms with E-state index in [2.05, 4.69) is 5.32 Å². The molecule has 0 fully saturated rings. The summed E-state index contributed by atoms with van der Waals surface area (Å²) in [7, 11) is 0. The topological polar surface area (TPSA) is 125 Å². The Hall–Kier alpha value is -3.13. The Balaban J connectivity index is 1.96. The molecule has 0 saturated heterocycles. The maximum absolute atomic E-state index is 11.9. The molecule has 130 valence electrons. The summed E-state index contributed by atoms with van der Waals surface area (Å²) in [6.45, 7) is 1.03. The van der Waals surface area contributed by atoms with Crippen LogP contribution in [-0.4, -0.2) is 23.4 Å². The number of halogens is 1. The van der Waals surface area contributed by atoms with Crippen LogP contribution >= 0.6 is 11.6 Å². The fourth-order valence-electron chi connectivity index (χ4n) is 1.97. The van der Waals surface area contributed by atoms with Gasteiger partial charge >= 0.3 is 5.97 Å². The van der Waals surface area contributed by atoms with Crippen molar-refractivity contribution in [3.05, 3.63) is 62.7 Å². The molecule has 0 heterocycles. The van der Waals surface area contributed by atoms with E-state index in [1.807, 2.05) is 0 Å². The molecule has 0 unspecified atom stereocenters. The van der Waals surface area contributed by atoms with E-state index >= 15 is 0 Å². The number of carbonyl (C=O) groups is 2. The first kappa shape index (κ1) is 18.2. The lowest BCUT2D eigenvalue weighted by Crippen LogP contribution is -2.21. The highest BCUT2D eigenvalue weighted by Crippen LogP contribution is 2.22. The molecule has 3 N–H and O–H groups in total. The highest BCUT2D eigenvalue weighted by Gasteiger charge is 2.14. The molecule has 0 atom stereocenters. The van der Waals surface area contributed by atoms with Crippen LogP contribution in [0.4, 0.5) is 17.1 Å². The van der Waals surface area contributed by atoms with E-state index in [9.17, 15) is 19.7 Å². The molecule has 0 aliphatic carbocycles. The van der Waals surface area contributed by atoms with Gasteiger partial charge in [0.15, 0.2) is 6.61 Å². The Morgan fingerprint density at radius 2 is 2.00 bits per heavy atom. The number of carbonyl (C=O) groups excluding carboxylic acids is 2. The van der Waals surface area contributed by atoms with Gasteiger partial charge in [0.1, 0.15) is 0 Å². The first-order valence-electron chi connectivity index (χ1n) is 7.05. The quantitative estimate of drug-likeness (QED) is 0.364. The van der Waals surface area contributed by atoms with E-state index in [0.29, 0.717) is 10.6 Å². The predicted molar refractivity (Wildman–Crippen MR) is 92.6 cm³/mol. The minimum absolute atomic E-state index is 0.119. The van der Waals surface area contributed by atoms with E-state index in [0.717, 1.165) is 0 Å². The molecule has 0 radical (unpaired) electrons. The van der Waals surface area contributed by atoms with Gasteiger partial charge in [-0.2, -0.15) is 0 Å². The van der Waals surface area contributed by atoms with Crippen LogP contribution in [0.25, 0.3) is 0 Å². The summed E-state index contributed by atoms with van der Waals surface area (Å²) in [5.74, 6) is -1.37. The van der Waals surface area contributed by atoms with Crippen molar-refractivity contribution in [2.45, 2.75) is 6.92 Å². The minimum atomic E-state index is -0.742. The van der Waals surface area contributed by atoms with Gasteiger partial charge in [0.2, 0.25) is 0 Å². The van der Waals surface area contributed by atoms with Crippen LogP contribution < -0.4 is 11.1 Å². The highest BCUT2D eigenvalue weighted by molar-refractivity contribution is 6.33. The summed E-state index contributed by atoms with van der Waals surface area (Å²) in [5.41, 5.74) is 6.54. The van der Waals surface area contributed by atoms with Crippen LogP contribution in [0.5, 0.6) is 0 Å². The van der Waals surface area contributed by atoms with E-state index in [1.165, 1.54) is 36.4 Å². The molecule has 0 spiro atoms. The van der Waals surface area contributed by atoms with Crippen LogP contribution in [0.1, 0.15) is 15.9 Å². The molecular formula is C16H14ClN3O5. The van der Waals surface area contributed by atoms with E-state index in [1.54, 1.807) is 6.92 Å². The summed E-state index contributed by atoms with van der Waals surface area (Å²) < 4.78 is 4.87. The van der Waals surface area contributed by atoms with Gasteiger partial charge in [0.05, 0.1) is 21.2 Å². The van der Waals surface area contributed by atoms with E-state index < -0.39 is 23.4 Å². The van der Waals surface area contributed by atoms with Gasteiger partial charge in [0, 0.05) is 17.3 Å². The van der Waals surface area contributed by atoms with Crippen LogP contribution in [-0.2, 0) is 9.53 Å². The molecule has 1 amide bonds. The summed E-state index contributed by atoms with van der Waals surface area (Å²) in [4.78, 5) is 34.0. The summed E-state index contributed by atoms with van der Waals surface area (Å²) in [6, 6.07) is 8.46. The second-order valence-corrected chi connectivity index (χ2v) is 5.53.